The van der Waals surface area contributed by atoms with Crippen LogP contribution in [0.5, 0.6) is 0 Å². The fraction of sp³-hybridized carbons (Fsp3) is 0.405. The molecule has 2 heterocycles. The zero-order valence-corrected chi connectivity index (χ0v) is 29.1. The average molecular weight is 673 g/mol. The Morgan fingerprint density at radius 3 is 2.09 bits per heavy atom. The summed E-state index contributed by atoms with van der Waals surface area (Å²) in [4.78, 5) is 47.6. The Kier molecular flexibility index (Phi) is 11.6. The summed E-state index contributed by atoms with van der Waals surface area (Å²) in [5.74, 6) is 0.105. The highest BCUT2D eigenvalue weighted by molar-refractivity contribution is 8.21. The number of aliphatic imine (C=N–C) groups is 1. The van der Waals surface area contributed by atoms with Gasteiger partial charge in [-0.15, -0.1) is 0 Å². The molecule has 3 amide bonds. The number of hydrogen-bond donors (Lipinski definition) is 2. The normalized spacial score (nSPS) is 19.1. The van der Waals surface area contributed by atoms with Crippen molar-refractivity contribution in [3.8, 4) is 0 Å². The first-order valence-corrected chi connectivity index (χ1v) is 19.5. The van der Waals surface area contributed by atoms with Crippen LogP contribution in [0.15, 0.2) is 96.0 Å². The molecule has 0 radical (unpaired) electrons. The van der Waals surface area contributed by atoms with Crippen LogP contribution in [0, 0.1) is 5.92 Å². The standard InChI is InChI=1S/C37H45N4O4PS/c1-26(2)32-25-45-37(40-32)27(3)38-35(43)31(24-28-14-7-4-8-15-28)39-36(44)33-20-13-22-41(33)34(42)21-23-46(47,29-16-9-5-10-17-29)30-18-11-6-12-19-30/h4-12,14-19,26-27,31-33H,13,20-25H2,1-3H3,(H,38,43)(H,39,44)/t27-,31+,32+,33-/m0/s1. The molecular formula is C37H45N4O4PS. The average Bonchev–Trinajstić information content (AvgIpc) is 3.80. The predicted octanol–water partition coefficient (Wildman–Crippen LogP) is 4.18. The van der Waals surface area contributed by atoms with Gasteiger partial charge in [0.1, 0.15) is 24.7 Å². The highest BCUT2D eigenvalue weighted by Gasteiger charge is 2.37. The molecule has 1 saturated heterocycles. The first kappa shape index (κ1) is 34.5. The summed E-state index contributed by atoms with van der Waals surface area (Å²) in [6, 6.07) is 25.6. The molecular weight excluding hydrogens is 627 g/mol. The highest BCUT2D eigenvalue weighted by atomic mass is 32.4. The van der Waals surface area contributed by atoms with E-state index in [1.807, 2.05) is 73.7 Å². The first-order valence-electron chi connectivity index (χ1n) is 16.5. The Morgan fingerprint density at radius 2 is 1.51 bits per heavy atom. The number of carbonyl (C=O) groups is 3. The van der Waals surface area contributed by atoms with E-state index in [-0.39, 0.29) is 30.2 Å². The predicted molar refractivity (Wildman–Crippen MR) is 192 cm³/mol. The monoisotopic (exact) mass is 672 g/mol. The number of hydrogen-bond acceptors (Lipinski definition) is 6. The van der Waals surface area contributed by atoms with Crippen molar-refractivity contribution in [2.45, 2.75) is 70.6 Å². The number of rotatable bonds is 13. The number of nitrogens with one attached hydrogen (secondary N) is 2. The molecule has 4 atom stereocenters. The fourth-order valence-corrected chi connectivity index (χ4v) is 9.80. The van der Waals surface area contributed by atoms with E-state index in [0.717, 1.165) is 22.6 Å². The molecule has 47 heavy (non-hydrogen) atoms. The van der Waals surface area contributed by atoms with Crippen LogP contribution in [0.25, 0.3) is 0 Å². The maximum absolute atomic E-state index is 13.8. The molecule has 0 aliphatic carbocycles. The van der Waals surface area contributed by atoms with Gasteiger partial charge >= 0.3 is 0 Å². The highest BCUT2D eigenvalue weighted by Crippen LogP contribution is 2.44. The van der Waals surface area contributed by atoms with Crippen LogP contribution in [0.1, 0.15) is 45.6 Å². The van der Waals surface area contributed by atoms with Gasteiger partial charge in [0.15, 0.2) is 0 Å². The second-order valence-electron chi connectivity index (χ2n) is 12.7. The summed E-state index contributed by atoms with van der Waals surface area (Å²) in [6.45, 7) is 7.01. The zero-order chi connectivity index (χ0) is 33.4. The summed E-state index contributed by atoms with van der Waals surface area (Å²) in [5, 5.41) is 8.14. The van der Waals surface area contributed by atoms with Crippen LogP contribution < -0.4 is 21.2 Å². The van der Waals surface area contributed by atoms with Gasteiger partial charge in [0.05, 0.1) is 6.04 Å². The minimum absolute atomic E-state index is 0.0587. The maximum atomic E-state index is 13.8. The van der Waals surface area contributed by atoms with E-state index >= 15 is 0 Å². The lowest BCUT2D eigenvalue weighted by atomic mass is 10.0. The van der Waals surface area contributed by atoms with Crippen molar-refractivity contribution in [2.24, 2.45) is 10.9 Å². The molecule has 10 heteroatoms. The summed E-state index contributed by atoms with van der Waals surface area (Å²) in [6.07, 6.45) is 2.34. The second kappa shape index (κ2) is 15.9. The van der Waals surface area contributed by atoms with Gasteiger partial charge in [0.2, 0.25) is 23.6 Å². The van der Waals surface area contributed by atoms with Crippen molar-refractivity contribution in [1.29, 1.82) is 0 Å². The number of nitrogens with zero attached hydrogens (tertiary/aromatic N) is 2. The van der Waals surface area contributed by atoms with E-state index in [2.05, 4.69) is 53.7 Å². The first-order chi connectivity index (χ1) is 22.7. The molecule has 0 saturated carbocycles. The van der Waals surface area contributed by atoms with E-state index in [1.165, 1.54) is 0 Å². The van der Waals surface area contributed by atoms with Gasteiger partial charge in [0, 0.05) is 25.4 Å². The van der Waals surface area contributed by atoms with Crippen molar-refractivity contribution in [2.75, 3.05) is 19.3 Å². The molecule has 2 N–H and O–H groups in total. The van der Waals surface area contributed by atoms with Crippen molar-refractivity contribution in [3.05, 3.63) is 96.6 Å². The number of carbonyl (C=O) groups excluding carboxylic acids is 3. The molecule has 2 aliphatic rings. The molecule has 5 rings (SSSR count). The molecule has 3 aromatic carbocycles. The van der Waals surface area contributed by atoms with Crippen molar-refractivity contribution in [1.82, 2.24) is 15.5 Å². The fourth-order valence-electron chi connectivity index (χ4n) is 6.17. The molecule has 8 nitrogen and oxygen atoms in total. The smallest absolute Gasteiger partial charge is 0.243 e. The van der Waals surface area contributed by atoms with E-state index < -0.39 is 24.2 Å². The Morgan fingerprint density at radius 1 is 0.915 bits per heavy atom. The summed E-state index contributed by atoms with van der Waals surface area (Å²) in [5.41, 5.74) is 0.918. The van der Waals surface area contributed by atoms with Crippen LogP contribution in [0.4, 0.5) is 0 Å². The molecule has 248 valence electrons. The number of likely N-dealkylation sites (tertiary alicyclic amines) is 1. The number of ether oxygens (including phenoxy) is 1. The SMILES string of the molecule is CC(C)[C@H]1COC([C@H](C)NC(=O)[C@@H](Cc2ccccc2)NC(=O)[C@@H]2CCCN2C(=O)CCP(=S)(c2ccccc2)c2ccccc2)=N1. The Balaban J connectivity index is 1.27. The summed E-state index contributed by atoms with van der Waals surface area (Å²) >= 11 is 6.35. The molecule has 0 bridgehead atoms. The minimum atomic E-state index is -2.26. The molecule has 0 spiro atoms. The van der Waals surface area contributed by atoms with Gasteiger partial charge in [-0.25, -0.2) is 4.99 Å². The third-order valence-electron chi connectivity index (χ3n) is 8.97. The minimum Gasteiger partial charge on any atom is -0.477 e. The third kappa shape index (κ3) is 8.57. The number of amides is 3. The Hall–Kier alpha value is -3.81. The Bertz CT molecular complexity index is 1560. The Labute approximate surface area is 283 Å². The van der Waals surface area contributed by atoms with Gasteiger partial charge in [-0.1, -0.05) is 117 Å². The zero-order valence-electron chi connectivity index (χ0n) is 27.4. The molecule has 0 aromatic heterocycles. The molecule has 2 aliphatic heterocycles. The topological polar surface area (TPSA) is 100 Å². The van der Waals surface area contributed by atoms with Crippen LogP contribution in [-0.4, -0.2) is 72.0 Å². The van der Waals surface area contributed by atoms with Crippen molar-refractivity contribution in [3.63, 3.8) is 0 Å². The number of benzene rings is 3. The van der Waals surface area contributed by atoms with Gasteiger partial charge in [-0.2, -0.15) is 0 Å². The largest absolute Gasteiger partial charge is 0.477 e. The molecule has 3 aromatic rings. The lowest BCUT2D eigenvalue weighted by molar-refractivity contribution is -0.139. The van der Waals surface area contributed by atoms with E-state index in [1.54, 1.807) is 4.90 Å². The molecule has 0 unspecified atom stereocenters. The van der Waals surface area contributed by atoms with Crippen LogP contribution in [0.2, 0.25) is 0 Å². The quantitative estimate of drug-likeness (QED) is 0.266. The van der Waals surface area contributed by atoms with E-state index in [4.69, 9.17) is 16.5 Å². The van der Waals surface area contributed by atoms with Gasteiger partial charge in [-0.3, -0.25) is 14.4 Å². The second-order valence-corrected chi connectivity index (χ2v) is 17.5. The lowest BCUT2D eigenvalue weighted by Crippen LogP contribution is -2.55. The maximum Gasteiger partial charge on any atom is 0.243 e. The third-order valence-corrected chi connectivity index (χ3v) is 13.9. The molecule has 1 fully saturated rings. The van der Waals surface area contributed by atoms with E-state index in [0.29, 0.717) is 44.0 Å². The summed E-state index contributed by atoms with van der Waals surface area (Å²) < 4.78 is 5.79. The van der Waals surface area contributed by atoms with Gasteiger partial charge in [-0.05, 0) is 48.0 Å². The van der Waals surface area contributed by atoms with Crippen molar-refractivity contribution >= 4 is 52.1 Å². The van der Waals surface area contributed by atoms with Crippen LogP contribution >= 0.6 is 6.04 Å². The summed E-state index contributed by atoms with van der Waals surface area (Å²) in [7, 11) is 0. The van der Waals surface area contributed by atoms with Gasteiger partial charge in [0.25, 0.3) is 0 Å². The lowest BCUT2D eigenvalue weighted by Gasteiger charge is -2.28. The van der Waals surface area contributed by atoms with Crippen LogP contribution in [0.3, 0.4) is 0 Å². The van der Waals surface area contributed by atoms with Gasteiger partial charge < -0.3 is 20.3 Å². The van der Waals surface area contributed by atoms with Crippen LogP contribution in [-0.2, 0) is 37.3 Å². The van der Waals surface area contributed by atoms with Crippen molar-refractivity contribution < 1.29 is 19.1 Å². The van der Waals surface area contributed by atoms with E-state index in [9.17, 15) is 14.4 Å².